The molecule has 0 atom stereocenters. The molecule has 5 heteroatoms. The maximum absolute atomic E-state index is 6.56. The Kier molecular flexibility index (Phi) is 7.75. The van der Waals surface area contributed by atoms with Gasteiger partial charge in [-0.1, -0.05) is 148 Å². The van der Waals surface area contributed by atoms with Crippen LogP contribution in [0.4, 0.5) is 0 Å². The van der Waals surface area contributed by atoms with Gasteiger partial charge in [0.15, 0.2) is 17.5 Å². The van der Waals surface area contributed by atoms with E-state index in [1.165, 1.54) is 16.7 Å². The Morgan fingerprint density at radius 2 is 1.08 bits per heavy atom. The topological polar surface area (TPSA) is 65.0 Å². The molecule has 0 N–H and O–H groups in total. The van der Waals surface area contributed by atoms with Crippen molar-refractivity contribution in [1.82, 2.24) is 15.0 Å². The fourth-order valence-electron chi connectivity index (χ4n) is 8.92. The van der Waals surface area contributed by atoms with Crippen molar-refractivity contribution < 1.29 is 8.83 Å². The van der Waals surface area contributed by atoms with E-state index in [0.29, 0.717) is 17.5 Å². The maximum atomic E-state index is 6.56. The first-order valence-corrected chi connectivity index (χ1v) is 19.8. The Balaban J connectivity index is 1.12. The molecule has 59 heavy (non-hydrogen) atoms. The zero-order valence-corrected chi connectivity index (χ0v) is 32.7. The highest BCUT2D eigenvalue weighted by molar-refractivity contribution is 6.13. The lowest BCUT2D eigenvalue weighted by atomic mass is 9.79. The molecule has 0 saturated heterocycles. The molecule has 0 radical (unpaired) electrons. The van der Waals surface area contributed by atoms with Gasteiger partial charge in [0, 0.05) is 43.7 Å². The lowest BCUT2D eigenvalue weighted by Crippen LogP contribution is -2.15. The Labute approximate surface area is 341 Å². The molecule has 1 aliphatic carbocycles. The van der Waals surface area contributed by atoms with E-state index in [9.17, 15) is 0 Å². The fourth-order valence-corrected chi connectivity index (χ4v) is 8.92. The number of nitrogens with zero attached hydrogens (tertiary/aromatic N) is 3. The van der Waals surface area contributed by atoms with Crippen LogP contribution >= 0.6 is 0 Å². The van der Waals surface area contributed by atoms with Crippen molar-refractivity contribution in [2.75, 3.05) is 0 Å². The molecular weight excluding hydrogens is 723 g/mol. The quantitative estimate of drug-likeness (QED) is 0.169. The van der Waals surface area contributed by atoms with E-state index in [1.54, 1.807) is 0 Å². The normalized spacial score (nSPS) is 14.2. The average Bonchev–Trinajstić information content (AvgIpc) is 3.91. The number of fused-ring (bicyclic) bond motifs is 7. The summed E-state index contributed by atoms with van der Waals surface area (Å²) in [5.74, 6) is 1.67. The minimum Gasteiger partial charge on any atom is -0.456 e. The van der Waals surface area contributed by atoms with Crippen LogP contribution in [-0.2, 0) is 5.41 Å². The van der Waals surface area contributed by atoms with Crippen LogP contribution in [0.3, 0.4) is 0 Å². The minimum absolute atomic E-state index is 0.264. The minimum atomic E-state index is -0.264. The highest BCUT2D eigenvalue weighted by Gasteiger charge is 2.38. The van der Waals surface area contributed by atoms with E-state index >= 15 is 0 Å². The molecular formula is C54H37N3O2. The summed E-state index contributed by atoms with van der Waals surface area (Å²) < 4.78 is 12.9. The second kappa shape index (κ2) is 13.2. The van der Waals surface area contributed by atoms with E-state index in [1.807, 2.05) is 48.5 Å². The van der Waals surface area contributed by atoms with E-state index in [-0.39, 0.29) is 5.41 Å². The monoisotopic (exact) mass is 759 g/mol. The summed E-state index contributed by atoms with van der Waals surface area (Å²) in [5, 5.41) is 4.05. The largest absolute Gasteiger partial charge is 0.456 e. The summed E-state index contributed by atoms with van der Waals surface area (Å²) in [6, 6.07) is 52.1. The Hall–Kier alpha value is -7.63. The maximum Gasteiger partial charge on any atom is 0.164 e. The van der Waals surface area contributed by atoms with Crippen LogP contribution in [0.5, 0.6) is 0 Å². The van der Waals surface area contributed by atoms with E-state index in [0.717, 1.165) is 88.4 Å². The number of hydrogen-bond donors (Lipinski definition) is 0. The van der Waals surface area contributed by atoms with Crippen LogP contribution in [0, 0.1) is 0 Å². The van der Waals surface area contributed by atoms with Crippen molar-refractivity contribution in [3.05, 3.63) is 194 Å². The average molecular weight is 760 g/mol. The summed E-state index contributed by atoms with van der Waals surface area (Å²) in [6.07, 6.45) is 3.92. The van der Waals surface area contributed by atoms with Crippen molar-refractivity contribution in [3.8, 4) is 56.4 Å². The Bertz CT molecular complexity index is 3400. The van der Waals surface area contributed by atoms with Gasteiger partial charge < -0.3 is 8.83 Å². The van der Waals surface area contributed by atoms with Crippen LogP contribution in [0.25, 0.3) is 106 Å². The second-order valence-electron chi connectivity index (χ2n) is 15.7. The predicted molar refractivity (Wildman–Crippen MR) is 242 cm³/mol. The fraction of sp³-hybridized carbons (Fsp3) is 0.0556. The molecule has 0 spiro atoms. The molecule has 0 amide bonds. The van der Waals surface area contributed by atoms with E-state index < -0.39 is 0 Å². The molecule has 0 fully saturated rings. The Morgan fingerprint density at radius 1 is 0.475 bits per heavy atom. The van der Waals surface area contributed by atoms with Crippen LogP contribution in [-0.4, -0.2) is 15.0 Å². The molecule has 5 nitrogen and oxygen atoms in total. The number of benzene rings is 7. The number of furan rings is 2. The molecule has 0 bridgehead atoms. The number of para-hydroxylation sites is 1. The van der Waals surface area contributed by atoms with Gasteiger partial charge in [0.25, 0.3) is 0 Å². The highest BCUT2D eigenvalue weighted by Crippen LogP contribution is 2.52. The molecule has 11 rings (SSSR count). The zero-order chi connectivity index (χ0) is 39.8. The SMILES string of the molecule is C=C/C=C1\C(=C)C(C)(C)c2c1cccc2-c1ccc2oc3cccc(-c4nc(-c5cccc(-c6ccccc6)c5)nc(-c5ccc6c(c5)oc5ccccc56)n4)c3c2c1. The van der Waals surface area contributed by atoms with Gasteiger partial charge >= 0.3 is 0 Å². The molecule has 7 aromatic carbocycles. The van der Waals surface area contributed by atoms with Crippen molar-refractivity contribution in [3.63, 3.8) is 0 Å². The van der Waals surface area contributed by atoms with Crippen molar-refractivity contribution in [2.24, 2.45) is 0 Å². The smallest absolute Gasteiger partial charge is 0.164 e. The molecule has 10 aromatic rings. The molecule has 3 aromatic heterocycles. The van der Waals surface area contributed by atoms with E-state index in [2.05, 4.69) is 142 Å². The summed E-state index contributed by atoms with van der Waals surface area (Å²) in [4.78, 5) is 15.6. The van der Waals surface area contributed by atoms with Crippen molar-refractivity contribution in [2.45, 2.75) is 19.3 Å². The zero-order valence-electron chi connectivity index (χ0n) is 32.7. The lowest BCUT2D eigenvalue weighted by Gasteiger charge is -2.24. The standard InChI is InChI=1S/C54H37N3O2/c1-5-14-38-32(2)54(3,4)50-39(20-12-21-42(38)50)35-26-28-46-44(30-35)49-43(22-13-24-47(49)58-46)53-56-51(36-18-11-17-34(29-36)33-15-7-6-8-16-33)55-52(57-53)37-25-27-41-40-19-9-10-23-45(40)59-48(41)31-37/h5-31H,1-2H2,3-4H3/b38-14+. The lowest BCUT2D eigenvalue weighted by molar-refractivity contribution is 0.664. The number of rotatable bonds is 6. The third-order valence-corrected chi connectivity index (χ3v) is 11.9. The molecule has 280 valence electrons. The van der Waals surface area contributed by atoms with Gasteiger partial charge in [-0.15, -0.1) is 0 Å². The molecule has 0 saturated carbocycles. The third kappa shape index (κ3) is 5.50. The molecule has 0 unspecified atom stereocenters. The highest BCUT2D eigenvalue weighted by atomic mass is 16.3. The predicted octanol–water partition coefficient (Wildman–Crippen LogP) is 14.4. The summed E-state index contributed by atoms with van der Waals surface area (Å²) in [5.41, 5.74) is 14.6. The number of hydrogen-bond acceptors (Lipinski definition) is 5. The van der Waals surface area contributed by atoms with Crippen LogP contribution in [0.1, 0.15) is 25.0 Å². The van der Waals surface area contributed by atoms with Crippen LogP contribution < -0.4 is 0 Å². The second-order valence-corrected chi connectivity index (χ2v) is 15.7. The van der Waals surface area contributed by atoms with Gasteiger partial charge in [-0.05, 0) is 87.0 Å². The molecule has 0 aliphatic heterocycles. The van der Waals surface area contributed by atoms with Gasteiger partial charge in [0.05, 0.1) is 0 Å². The van der Waals surface area contributed by atoms with Gasteiger partial charge in [0.1, 0.15) is 22.3 Å². The number of allylic oxidation sites excluding steroid dienone is 4. The number of aromatic nitrogens is 3. The van der Waals surface area contributed by atoms with E-state index in [4.69, 9.17) is 23.8 Å². The van der Waals surface area contributed by atoms with Gasteiger partial charge in [0.2, 0.25) is 0 Å². The van der Waals surface area contributed by atoms with Gasteiger partial charge in [-0.2, -0.15) is 0 Å². The summed E-state index contributed by atoms with van der Waals surface area (Å²) in [7, 11) is 0. The van der Waals surface area contributed by atoms with Crippen LogP contribution in [0.15, 0.2) is 191 Å². The first kappa shape index (κ1) is 34.6. The van der Waals surface area contributed by atoms with Crippen molar-refractivity contribution in [1.29, 1.82) is 0 Å². The van der Waals surface area contributed by atoms with Crippen LogP contribution in [0.2, 0.25) is 0 Å². The third-order valence-electron chi connectivity index (χ3n) is 11.9. The molecule has 1 aliphatic rings. The Morgan fingerprint density at radius 3 is 1.93 bits per heavy atom. The van der Waals surface area contributed by atoms with Gasteiger partial charge in [-0.3, -0.25) is 0 Å². The van der Waals surface area contributed by atoms with Crippen molar-refractivity contribution >= 4 is 49.5 Å². The molecule has 3 heterocycles. The summed E-state index contributed by atoms with van der Waals surface area (Å²) >= 11 is 0. The summed E-state index contributed by atoms with van der Waals surface area (Å²) in [6.45, 7) is 13.0. The first-order valence-electron chi connectivity index (χ1n) is 19.8. The first-order chi connectivity index (χ1) is 28.9. The van der Waals surface area contributed by atoms with Gasteiger partial charge in [-0.25, -0.2) is 15.0 Å².